The molecule has 0 aliphatic rings. The molecule has 0 saturated heterocycles. The molecule has 0 fully saturated rings. The smallest absolute Gasteiger partial charge is 0.238 e. The van der Waals surface area contributed by atoms with Gasteiger partial charge in [-0.2, -0.15) is 0 Å². The predicted molar refractivity (Wildman–Crippen MR) is 108 cm³/mol. The van der Waals surface area contributed by atoms with E-state index in [1.165, 1.54) is 12.1 Å². The Labute approximate surface area is 164 Å². The van der Waals surface area contributed by atoms with E-state index in [0.29, 0.717) is 13.2 Å². The van der Waals surface area contributed by atoms with Crippen molar-refractivity contribution < 1.29 is 18.7 Å². The van der Waals surface area contributed by atoms with Crippen LogP contribution < -0.4 is 10.6 Å². The van der Waals surface area contributed by atoms with E-state index in [2.05, 4.69) is 10.6 Å². The Balaban J connectivity index is 1.98. The monoisotopic (exact) mass is 387 g/mol. The van der Waals surface area contributed by atoms with Gasteiger partial charge in [0.05, 0.1) is 25.4 Å². The first-order chi connectivity index (χ1) is 13.4. The number of amides is 2. The van der Waals surface area contributed by atoms with E-state index in [4.69, 9.17) is 4.74 Å². The molecule has 0 aliphatic carbocycles. The van der Waals surface area contributed by atoms with Gasteiger partial charge in [-0.15, -0.1) is 0 Å². The average Bonchev–Trinajstić information content (AvgIpc) is 2.65. The van der Waals surface area contributed by atoms with Gasteiger partial charge in [0, 0.05) is 19.3 Å². The Hall–Kier alpha value is -2.77. The summed E-state index contributed by atoms with van der Waals surface area (Å²) in [6.45, 7) is 4.63. The van der Waals surface area contributed by atoms with Gasteiger partial charge in [0.25, 0.3) is 0 Å². The second-order valence-corrected chi connectivity index (χ2v) is 6.53. The van der Waals surface area contributed by atoms with Crippen LogP contribution in [0.2, 0.25) is 0 Å². The molecular formula is C21H26FN3O3. The van der Waals surface area contributed by atoms with Gasteiger partial charge in [0.15, 0.2) is 0 Å². The highest BCUT2D eigenvalue weighted by Crippen LogP contribution is 2.18. The van der Waals surface area contributed by atoms with Gasteiger partial charge in [0.2, 0.25) is 11.8 Å². The van der Waals surface area contributed by atoms with E-state index < -0.39 is 11.7 Å². The van der Waals surface area contributed by atoms with Crippen LogP contribution in [0, 0.1) is 19.7 Å². The van der Waals surface area contributed by atoms with Crippen molar-refractivity contribution in [3.8, 4) is 0 Å². The number of nitrogens with one attached hydrogen (secondary N) is 2. The number of benzene rings is 2. The number of halogens is 1. The van der Waals surface area contributed by atoms with Crippen LogP contribution in [0.25, 0.3) is 0 Å². The summed E-state index contributed by atoms with van der Waals surface area (Å²) < 4.78 is 18.8. The molecule has 0 spiro atoms. The summed E-state index contributed by atoms with van der Waals surface area (Å²) in [4.78, 5) is 26.4. The molecular weight excluding hydrogens is 361 g/mol. The fraction of sp³-hybridized carbons (Fsp3) is 0.333. The number of carbonyl (C=O) groups is 2. The number of rotatable bonds is 9. The Morgan fingerprint density at radius 1 is 0.964 bits per heavy atom. The molecule has 0 bridgehead atoms. The number of methoxy groups -OCH3 is 1. The lowest BCUT2D eigenvalue weighted by atomic mass is 10.1. The fourth-order valence-electron chi connectivity index (χ4n) is 2.67. The molecule has 0 aromatic heterocycles. The van der Waals surface area contributed by atoms with Crippen molar-refractivity contribution in [1.29, 1.82) is 0 Å². The maximum atomic E-state index is 13.7. The van der Waals surface area contributed by atoms with Crippen LogP contribution in [-0.4, -0.2) is 50.1 Å². The lowest BCUT2D eigenvalue weighted by molar-refractivity contribution is -0.120. The van der Waals surface area contributed by atoms with Gasteiger partial charge in [-0.3, -0.25) is 14.5 Å². The molecule has 6 nitrogen and oxygen atoms in total. The Bertz CT molecular complexity index is 826. The van der Waals surface area contributed by atoms with Crippen molar-refractivity contribution in [2.45, 2.75) is 13.8 Å². The first-order valence-electron chi connectivity index (χ1n) is 9.02. The number of aryl methyl sites for hydroxylation is 1. The molecule has 2 aromatic carbocycles. The van der Waals surface area contributed by atoms with E-state index in [1.54, 1.807) is 24.1 Å². The van der Waals surface area contributed by atoms with Crippen molar-refractivity contribution in [2.24, 2.45) is 0 Å². The number of para-hydroxylation sites is 1. The summed E-state index contributed by atoms with van der Waals surface area (Å²) in [5.74, 6) is -1.14. The minimum Gasteiger partial charge on any atom is -0.383 e. The van der Waals surface area contributed by atoms with Crippen molar-refractivity contribution in [3.63, 3.8) is 0 Å². The third kappa shape index (κ3) is 6.44. The van der Waals surface area contributed by atoms with E-state index in [9.17, 15) is 14.0 Å². The second-order valence-electron chi connectivity index (χ2n) is 6.53. The zero-order valence-electron chi connectivity index (χ0n) is 16.4. The molecule has 2 rings (SSSR count). The van der Waals surface area contributed by atoms with Gasteiger partial charge in [-0.1, -0.05) is 24.3 Å². The van der Waals surface area contributed by atoms with Gasteiger partial charge in [-0.25, -0.2) is 4.39 Å². The maximum Gasteiger partial charge on any atom is 0.238 e. The molecule has 2 aromatic rings. The summed E-state index contributed by atoms with van der Waals surface area (Å²) in [6.07, 6.45) is 0. The van der Waals surface area contributed by atoms with Crippen molar-refractivity contribution >= 4 is 23.2 Å². The van der Waals surface area contributed by atoms with Gasteiger partial charge >= 0.3 is 0 Å². The molecule has 0 atom stereocenters. The van der Waals surface area contributed by atoms with Gasteiger partial charge < -0.3 is 15.4 Å². The largest absolute Gasteiger partial charge is 0.383 e. The standard InChI is InChI=1S/C21H26FN3O3/c1-15-7-6-10-18(16(15)2)23-20(26)13-25(11-12-28-3)14-21(27)24-19-9-5-4-8-17(19)22/h4-10H,11-14H2,1-3H3,(H,23,26)(H,24,27). The lowest BCUT2D eigenvalue weighted by Crippen LogP contribution is -2.40. The minimum absolute atomic E-state index is 0.0153. The van der Waals surface area contributed by atoms with Crippen molar-refractivity contribution in [3.05, 3.63) is 59.4 Å². The van der Waals surface area contributed by atoms with Crippen LogP contribution in [0.3, 0.4) is 0 Å². The van der Waals surface area contributed by atoms with E-state index >= 15 is 0 Å². The van der Waals surface area contributed by atoms with Crippen molar-refractivity contribution in [1.82, 2.24) is 4.90 Å². The highest BCUT2D eigenvalue weighted by atomic mass is 19.1. The highest BCUT2D eigenvalue weighted by Gasteiger charge is 2.16. The summed E-state index contributed by atoms with van der Waals surface area (Å²) in [5, 5.41) is 5.41. The molecule has 28 heavy (non-hydrogen) atoms. The Morgan fingerprint density at radius 3 is 2.21 bits per heavy atom. The van der Waals surface area contributed by atoms with Crippen LogP contribution in [0.4, 0.5) is 15.8 Å². The van der Waals surface area contributed by atoms with E-state index in [0.717, 1.165) is 16.8 Å². The molecule has 2 amide bonds. The van der Waals surface area contributed by atoms with Crippen molar-refractivity contribution in [2.75, 3.05) is 44.0 Å². The fourth-order valence-corrected chi connectivity index (χ4v) is 2.67. The van der Waals surface area contributed by atoms with Crippen LogP contribution >= 0.6 is 0 Å². The third-order valence-electron chi connectivity index (χ3n) is 4.37. The molecule has 0 unspecified atom stereocenters. The second kappa shape index (κ2) is 10.5. The molecule has 0 saturated carbocycles. The number of anilines is 2. The number of hydrogen-bond acceptors (Lipinski definition) is 4. The Morgan fingerprint density at radius 2 is 1.57 bits per heavy atom. The first-order valence-corrected chi connectivity index (χ1v) is 9.02. The van der Waals surface area contributed by atoms with Crippen LogP contribution in [0.5, 0.6) is 0 Å². The maximum absolute atomic E-state index is 13.7. The van der Waals surface area contributed by atoms with Gasteiger partial charge in [-0.05, 0) is 43.2 Å². The first kappa shape index (κ1) is 21.5. The topological polar surface area (TPSA) is 70.7 Å². The summed E-state index contributed by atoms with van der Waals surface area (Å²) >= 11 is 0. The number of ether oxygens (including phenoxy) is 1. The van der Waals surface area contributed by atoms with E-state index in [-0.39, 0.29) is 24.7 Å². The zero-order valence-corrected chi connectivity index (χ0v) is 16.4. The predicted octanol–water partition coefficient (Wildman–Crippen LogP) is 2.97. The number of carbonyl (C=O) groups excluding carboxylic acids is 2. The summed E-state index contributed by atoms with van der Waals surface area (Å²) in [7, 11) is 1.55. The van der Waals surface area contributed by atoms with Crippen LogP contribution in [0.15, 0.2) is 42.5 Å². The number of hydrogen-bond donors (Lipinski definition) is 2. The molecule has 150 valence electrons. The highest BCUT2D eigenvalue weighted by molar-refractivity contribution is 5.95. The minimum atomic E-state index is -0.507. The average molecular weight is 387 g/mol. The molecule has 7 heteroatoms. The summed E-state index contributed by atoms with van der Waals surface area (Å²) in [5.41, 5.74) is 2.93. The third-order valence-corrected chi connectivity index (χ3v) is 4.37. The van der Waals surface area contributed by atoms with E-state index in [1.807, 2.05) is 32.0 Å². The molecule has 0 radical (unpaired) electrons. The van der Waals surface area contributed by atoms with Gasteiger partial charge in [0.1, 0.15) is 5.82 Å². The van der Waals surface area contributed by atoms with Crippen LogP contribution in [0.1, 0.15) is 11.1 Å². The molecule has 2 N–H and O–H groups in total. The molecule has 0 aliphatic heterocycles. The SMILES string of the molecule is COCCN(CC(=O)Nc1ccccc1F)CC(=O)Nc1cccc(C)c1C. The lowest BCUT2D eigenvalue weighted by Gasteiger charge is -2.21. The zero-order chi connectivity index (χ0) is 20.5. The quantitative estimate of drug-likeness (QED) is 0.694. The van der Waals surface area contributed by atoms with Crippen LogP contribution in [-0.2, 0) is 14.3 Å². The molecule has 0 heterocycles. The number of nitrogens with zero attached hydrogens (tertiary/aromatic N) is 1. The Kier molecular flexibility index (Phi) is 8.10. The summed E-state index contributed by atoms with van der Waals surface area (Å²) in [6, 6.07) is 11.6. The normalized spacial score (nSPS) is 10.8.